The fourth-order valence-corrected chi connectivity index (χ4v) is 3.67. The molecule has 3 heterocycles. The molecule has 2 aliphatic rings. The van der Waals surface area contributed by atoms with Crippen molar-refractivity contribution in [2.24, 2.45) is 0 Å². The smallest absolute Gasteiger partial charge is 0.331 e. The first-order valence-corrected chi connectivity index (χ1v) is 7.57. The van der Waals surface area contributed by atoms with Gasteiger partial charge in [0.05, 0.1) is 6.04 Å². The Morgan fingerprint density at radius 2 is 2.29 bits per heavy atom. The molecule has 8 heteroatoms. The van der Waals surface area contributed by atoms with Gasteiger partial charge in [-0.2, -0.15) is 0 Å². The number of carboxylic acids is 1. The number of nitrogens with zero attached hydrogens (tertiary/aromatic N) is 1. The molecule has 2 unspecified atom stereocenters. The maximum Gasteiger partial charge on any atom is 0.331 e. The highest BCUT2D eigenvalue weighted by Gasteiger charge is 2.37. The molecular weight excluding hydrogens is 294 g/mol. The van der Waals surface area contributed by atoms with Crippen molar-refractivity contribution in [1.29, 1.82) is 0 Å². The van der Waals surface area contributed by atoms with Gasteiger partial charge in [0.2, 0.25) is 5.91 Å². The van der Waals surface area contributed by atoms with Crippen LogP contribution in [-0.2, 0) is 16.0 Å². The molecule has 0 aliphatic carbocycles. The van der Waals surface area contributed by atoms with E-state index in [-0.39, 0.29) is 18.4 Å². The van der Waals surface area contributed by atoms with E-state index in [9.17, 15) is 19.5 Å². The fraction of sp³-hybridized carbons (Fsp3) is 0.462. The summed E-state index contributed by atoms with van der Waals surface area (Å²) in [5.74, 6) is -1.14. The molecule has 3 amide bonds. The summed E-state index contributed by atoms with van der Waals surface area (Å²) in [5.41, 5.74) is 0.689. The zero-order valence-corrected chi connectivity index (χ0v) is 12.0. The van der Waals surface area contributed by atoms with E-state index in [4.69, 9.17) is 0 Å². The van der Waals surface area contributed by atoms with Gasteiger partial charge in [0.25, 0.3) is 0 Å². The molecule has 1 fully saturated rings. The number of rotatable bonds is 2. The van der Waals surface area contributed by atoms with E-state index in [0.717, 1.165) is 4.88 Å². The summed E-state index contributed by atoms with van der Waals surface area (Å²) in [6, 6.07) is 0.105. The van der Waals surface area contributed by atoms with Crippen LogP contribution in [0.15, 0.2) is 11.4 Å². The molecule has 3 N–H and O–H groups in total. The van der Waals surface area contributed by atoms with Crippen LogP contribution in [0, 0.1) is 0 Å². The molecule has 0 spiro atoms. The number of thiophene rings is 1. The van der Waals surface area contributed by atoms with Crippen molar-refractivity contribution >= 4 is 29.2 Å². The van der Waals surface area contributed by atoms with Crippen LogP contribution in [0.3, 0.4) is 0 Å². The first-order chi connectivity index (χ1) is 10.1. The molecule has 0 aromatic carbocycles. The van der Waals surface area contributed by atoms with E-state index in [2.05, 4.69) is 10.6 Å². The van der Waals surface area contributed by atoms with Crippen molar-refractivity contribution in [3.63, 3.8) is 0 Å². The monoisotopic (exact) mass is 309 g/mol. The van der Waals surface area contributed by atoms with Gasteiger partial charge in [-0.3, -0.25) is 4.79 Å². The van der Waals surface area contributed by atoms with Crippen molar-refractivity contribution in [3.8, 4) is 0 Å². The van der Waals surface area contributed by atoms with E-state index in [1.165, 1.54) is 16.2 Å². The molecule has 2 aliphatic heterocycles. The average Bonchev–Trinajstić information content (AvgIpc) is 3.05. The number of hydrogen-bond donors (Lipinski definition) is 3. The number of carbonyl (C=O) groups excluding carboxylic acids is 2. The number of urea groups is 1. The second-order valence-electron chi connectivity index (χ2n) is 5.14. The predicted octanol–water partition coefficient (Wildman–Crippen LogP) is 0.330. The molecule has 0 bridgehead atoms. The minimum atomic E-state index is -1.04. The van der Waals surface area contributed by atoms with E-state index in [1.807, 2.05) is 5.38 Å². The molecule has 0 saturated carbocycles. The number of carboxylic acid groups (broad SMARTS) is 1. The van der Waals surface area contributed by atoms with Crippen LogP contribution in [0.2, 0.25) is 0 Å². The highest BCUT2D eigenvalue weighted by Crippen LogP contribution is 2.33. The minimum Gasteiger partial charge on any atom is -0.479 e. The van der Waals surface area contributed by atoms with E-state index in [1.54, 1.807) is 6.07 Å². The number of fused-ring (bicyclic) bond motifs is 1. The van der Waals surface area contributed by atoms with Crippen LogP contribution in [0.4, 0.5) is 4.79 Å². The molecule has 1 saturated heterocycles. The molecule has 1 aromatic heterocycles. The van der Waals surface area contributed by atoms with Crippen molar-refractivity contribution in [3.05, 3.63) is 21.9 Å². The quantitative estimate of drug-likeness (QED) is 0.733. The normalized spacial score (nSPS) is 24.4. The minimum absolute atomic E-state index is 0.103. The lowest BCUT2D eigenvalue weighted by Crippen LogP contribution is -2.50. The predicted molar refractivity (Wildman–Crippen MR) is 75.1 cm³/mol. The Hall–Kier alpha value is -2.09. The van der Waals surface area contributed by atoms with Gasteiger partial charge in [-0.05, 0) is 23.4 Å². The molecular formula is C13H15N3O4S. The Morgan fingerprint density at radius 1 is 1.48 bits per heavy atom. The van der Waals surface area contributed by atoms with E-state index in [0.29, 0.717) is 25.1 Å². The van der Waals surface area contributed by atoms with Gasteiger partial charge in [0, 0.05) is 24.4 Å². The lowest BCUT2D eigenvalue weighted by molar-refractivity contribution is -0.142. The molecule has 112 valence electrons. The van der Waals surface area contributed by atoms with Crippen LogP contribution >= 0.6 is 11.3 Å². The van der Waals surface area contributed by atoms with Gasteiger partial charge in [0.15, 0.2) is 6.04 Å². The number of aliphatic carboxylic acids is 1. The molecule has 7 nitrogen and oxygen atoms in total. The van der Waals surface area contributed by atoms with Crippen LogP contribution in [0.5, 0.6) is 0 Å². The topological polar surface area (TPSA) is 98.7 Å². The first kappa shape index (κ1) is 13.9. The summed E-state index contributed by atoms with van der Waals surface area (Å²) < 4.78 is 0. The van der Waals surface area contributed by atoms with Gasteiger partial charge in [-0.15, -0.1) is 11.3 Å². The van der Waals surface area contributed by atoms with Crippen LogP contribution < -0.4 is 10.6 Å². The summed E-state index contributed by atoms with van der Waals surface area (Å²) in [5, 5.41) is 16.7. The second kappa shape index (κ2) is 5.36. The number of carbonyl (C=O) groups is 3. The number of amides is 3. The highest BCUT2D eigenvalue weighted by molar-refractivity contribution is 7.10. The first-order valence-electron chi connectivity index (χ1n) is 6.69. The number of nitrogens with one attached hydrogen (secondary N) is 2. The molecule has 3 rings (SSSR count). The SMILES string of the molecule is O=C1CC(NC(=O)N2CCc3sccc3C2C(=O)O)CN1. The fourth-order valence-electron chi connectivity index (χ4n) is 2.77. The average molecular weight is 309 g/mol. The van der Waals surface area contributed by atoms with Crippen LogP contribution in [0.25, 0.3) is 0 Å². The lowest BCUT2D eigenvalue weighted by Gasteiger charge is -2.33. The van der Waals surface area contributed by atoms with Crippen LogP contribution in [0.1, 0.15) is 22.9 Å². The standard InChI is InChI=1S/C13H15N3O4S/c17-10-5-7(6-14-10)15-13(20)16-3-1-9-8(2-4-21-9)11(16)12(18)19/h2,4,7,11H,1,3,5-6H2,(H,14,17)(H,15,20)(H,18,19). The summed E-state index contributed by atoms with van der Waals surface area (Å²) in [7, 11) is 0. The second-order valence-corrected chi connectivity index (χ2v) is 6.14. The summed E-state index contributed by atoms with van der Waals surface area (Å²) in [4.78, 5) is 37.4. The summed E-state index contributed by atoms with van der Waals surface area (Å²) >= 11 is 1.52. The number of hydrogen-bond acceptors (Lipinski definition) is 4. The highest BCUT2D eigenvalue weighted by atomic mass is 32.1. The van der Waals surface area contributed by atoms with Gasteiger partial charge in [-0.1, -0.05) is 0 Å². The van der Waals surface area contributed by atoms with Gasteiger partial charge < -0.3 is 20.6 Å². The third-order valence-electron chi connectivity index (χ3n) is 3.77. The Morgan fingerprint density at radius 3 is 2.95 bits per heavy atom. The van der Waals surface area contributed by atoms with Crippen molar-refractivity contribution in [2.45, 2.75) is 24.9 Å². The van der Waals surface area contributed by atoms with Crippen molar-refractivity contribution in [2.75, 3.05) is 13.1 Å². The van der Waals surface area contributed by atoms with Crippen LogP contribution in [-0.4, -0.2) is 47.0 Å². The van der Waals surface area contributed by atoms with Crippen molar-refractivity contribution in [1.82, 2.24) is 15.5 Å². The lowest BCUT2D eigenvalue weighted by atomic mass is 10.0. The maximum absolute atomic E-state index is 12.3. The Labute approximate surface area is 124 Å². The zero-order chi connectivity index (χ0) is 15.0. The molecule has 1 aromatic rings. The Balaban J connectivity index is 1.76. The Kier molecular flexibility index (Phi) is 3.54. The summed E-state index contributed by atoms with van der Waals surface area (Å²) in [6.07, 6.45) is 0.896. The largest absolute Gasteiger partial charge is 0.479 e. The summed E-state index contributed by atoms with van der Waals surface area (Å²) in [6.45, 7) is 0.754. The van der Waals surface area contributed by atoms with E-state index < -0.39 is 18.0 Å². The van der Waals surface area contributed by atoms with Gasteiger partial charge >= 0.3 is 12.0 Å². The molecule has 21 heavy (non-hydrogen) atoms. The third-order valence-corrected chi connectivity index (χ3v) is 4.76. The molecule has 0 radical (unpaired) electrons. The third kappa shape index (κ3) is 2.58. The van der Waals surface area contributed by atoms with Crippen molar-refractivity contribution < 1.29 is 19.5 Å². The zero-order valence-electron chi connectivity index (χ0n) is 11.2. The van der Waals surface area contributed by atoms with Gasteiger partial charge in [0.1, 0.15) is 0 Å². The Bertz CT molecular complexity index is 600. The van der Waals surface area contributed by atoms with E-state index >= 15 is 0 Å². The van der Waals surface area contributed by atoms with Gasteiger partial charge in [-0.25, -0.2) is 9.59 Å². The molecule has 2 atom stereocenters. The maximum atomic E-state index is 12.3.